The Morgan fingerprint density at radius 1 is 1.36 bits per heavy atom. The first-order chi connectivity index (χ1) is 12.1. The van der Waals surface area contributed by atoms with Crippen LogP contribution in [0.3, 0.4) is 0 Å². The second-order valence-electron chi connectivity index (χ2n) is 5.44. The molecule has 0 unspecified atom stereocenters. The van der Waals surface area contributed by atoms with Crippen LogP contribution in [-0.2, 0) is 9.53 Å². The number of carbonyl (C=O) groups excluding carboxylic acids is 1. The van der Waals surface area contributed by atoms with Gasteiger partial charge in [0, 0.05) is 31.4 Å². The van der Waals surface area contributed by atoms with Gasteiger partial charge in [0.15, 0.2) is 0 Å². The highest BCUT2D eigenvalue weighted by molar-refractivity contribution is 6.01. The molecule has 0 saturated carbocycles. The number of fused-ring (bicyclic) bond motifs is 1. The molecule has 1 saturated heterocycles. The Hall–Kier alpha value is -3.00. The molecule has 3 rings (SSSR count). The first-order valence-electron chi connectivity index (χ1n) is 7.76. The third-order valence-electron chi connectivity index (χ3n) is 4.01. The van der Waals surface area contributed by atoms with Gasteiger partial charge in [-0.3, -0.25) is 19.9 Å². The normalized spacial score (nSPS) is 14.8. The molecule has 1 aromatic heterocycles. The number of morpholine rings is 1. The summed E-state index contributed by atoms with van der Waals surface area (Å²) in [6.45, 7) is 2.10. The minimum absolute atomic E-state index is 0.0811. The second-order valence-corrected chi connectivity index (χ2v) is 5.44. The lowest BCUT2D eigenvalue weighted by Gasteiger charge is -2.25. The number of aromatic nitrogens is 1. The molecule has 0 bridgehead atoms. The van der Waals surface area contributed by atoms with Gasteiger partial charge in [-0.15, -0.1) is 0 Å². The number of pyridine rings is 1. The maximum Gasteiger partial charge on any atom is 0.279 e. The summed E-state index contributed by atoms with van der Waals surface area (Å²) >= 11 is 0. The number of amides is 1. The van der Waals surface area contributed by atoms with Crippen molar-refractivity contribution in [2.24, 2.45) is 0 Å². The molecule has 1 aromatic carbocycles. The Morgan fingerprint density at radius 2 is 2.12 bits per heavy atom. The van der Waals surface area contributed by atoms with E-state index < -0.39 is 4.92 Å². The molecular weight excluding hydrogens is 326 g/mol. The number of nitrogens with zero attached hydrogens (tertiary/aromatic N) is 3. The molecule has 8 heteroatoms. The van der Waals surface area contributed by atoms with Crippen molar-refractivity contribution in [3.63, 3.8) is 0 Å². The summed E-state index contributed by atoms with van der Waals surface area (Å²) in [5.74, 6) is 0.286. The van der Waals surface area contributed by atoms with Gasteiger partial charge in [-0.25, -0.2) is 0 Å². The number of ether oxygens (including phenoxy) is 2. The molecule has 25 heavy (non-hydrogen) atoms. The van der Waals surface area contributed by atoms with Crippen LogP contribution in [0.1, 0.15) is 5.56 Å². The highest BCUT2D eigenvalue weighted by Gasteiger charge is 2.19. The fourth-order valence-corrected chi connectivity index (χ4v) is 2.76. The van der Waals surface area contributed by atoms with Gasteiger partial charge < -0.3 is 14.4 Å². The predicted molar refractivity (Wildman–Crippen MR) is 91.4 cm³/mol. The molecule has 2 heterocycles. The lowest BCUT2D eigenvalue weighted by Crippen LogP contribution is -2.39. The van der Waals surface area contributed by atoms with E-state index >= 15 is 0 Å². The van der Waals surface area contributed by atoms with Crippen LogP contribution in [0.5, 0.6) is 5.75 Å². The van der Waals surface area contributed by atoms with E-state index in [4.69, 9.17) is 9.47 Å². The molecule has 1 aliphatic rings. The molecule has 1 aliphatic heterocycles. The summed E-state index contributed by atoms with van der Waals surface area (Å²) in [4.78, 5) is 29.0. The van der Waals surface area contributed by atoms with Crippen LogP contribution in [0.15, 0.2) is 30.5 Å². The minimum atomic E-state index is -0.468. The third-order valence-corrected chi connectivity index (χ3v) is 4.01. The summed E-state index contributed by atoms with van der Waals surface area (Å²) in [6, 6.07) is 4.53. The lowest BCUT2D eigenvalue weighted by atomic mass is 10.1. The molecule has 2 aromatic rings. The summed E-state index contributed by atoms with van der Waals surface area (Å²) in [7, 11) is 1.48. The Kier molecular flexibility index (Phi) is 4.90. The average molecular weight is 343 g/mol. The number of hydrogen-bond donors (Lipinski definition) is 0. The van der Waals surface area contributed by atoms with Crippen molar-refractivity contribution < 1.29 is 19.2 Å². The van der Waals surface area contributed by atoms with Crippen molar-refractivity contribution >= 4 is 28.6 Å². The monoisotopic (exact) mass is 343 g/mol. The van der Waals surface area contributed by atoms with Crippen LogP contribution in [0.4, 0.5) is 5.69 Å². The highest BCUT2D eigenvalue weighted by Crippen LogP contribution is 2.34. The zero-order chi connectivity index (χ0) is 17.8. The number of nitro groups is 1. The van der Waals surface area contributed by atoms with E-state index in [1.54, 1.807) is 17.0 Å². The van der Waals surface area contributed by atoms with Crippen LogP contribution in [0.25, 0.3) is 17.0 Å². The Labute approximate surface area is 143 Å². The van der Waals surface area contributed by atoms with Gasteiger partial charge in [-0.1, -0.05) is 0 Å². The van der Waals surface area contributed by atoms with Crippen molar-refractivity contribution in [3.8, 4) is 5.75 Å². The predicted octanol–water partition coefficient (Wildman–Crippen LogP) is 2.02. The van der Waals surface area contributed by atoms with Crippen LogP contribution < -0.4 is 4.74 Å². The number of hydrogen-bond acceptors (Lipinski definition) is 6. The first kappa shape index (κ1) is 16.8. The maximum absolute atomic E-state index is 12.3. The molecular formula is C17H17N3O5. The SMILES string of the molecule is COc1ccc([N+](=O)[O-])c2c(/C=C/C(=O)N3CCOCC3)ccnc12. The van der Waals surface area contributed by atoms with Crippen LogP contribution in [-0.4, -0.2) is 54.1 Å². The molecule has 0 aliphatic carbocycles. The van der Waals surface area contributed by atoms with E-state index in [1.165, 1.54) is 31.5 Å². The van der Waals surface area contributed by atoms with Gasteiger partial charge in [0.2, 0.25) is 5.91 Å². The molecule has 0 radical (unpaired) electrons. The van der Waals surface area contributed by atoms with E-state index in [0.29, 0.717) is 48.5 Å². The van der Waals surface area contributed by atoms with Gasteiger partial charge in [0.25, 0.3) is 5.69 Å². The molecule has 130 valence electrons. The van der Waals surface area contributed by atoms with Crippen molar-refractivity contribution in [1.82, 2.24) is 9.88 Å². The van der Waals surface area contributed by atoms with Crippen LogP contribution >= 0.6 is 0 Å². The molecule has 1 fully saturated rings. The van der Waals surface area contributed by atoms with Crippen molar-refractivity contribution in [3.05, 3.63) is 46.1 Å². The zero-order valence-electron chi connectivity index (χ0n) is 13.7. The van der Waals surface area contributed by atoms with E-state index in [9.17, 15) is 14.9 Å². The average Bonchev–Trinajstić information content (AvgIpc) is 2.65. The quantitative estimate of drug-likeness (QED) is 0.479. The Morgan fingerprint density at radius 3 is 2.80 bits per heavy atom. The number of benzene rings is 1. The molecule has 0 atom stereocenters. The minimum Gasteiger partial charge on any atom is -0.494 e. The van der Waals surface area contributed by atoms with E-state index in [0.717, 1.165) is 0 Å². The molecule has 0 N–H and O–H groups in total. The Bertz CT molecular complexity index is 844. The molecule has 8 nitrogen and oxygen atoms in total. The van der Waals surface area contributed by atoms with Crippen molar-refractivity contribution in [1.29, 1.82) is 0 Å². The number of nitro benzene ring substituents is 1. The smallest absolute Gasteiger partial charge is 0.279 e. The first-order valence-corrected chi connectivity index (χ1v) is 7.76. The van der Waals surface area contributed by atoms with E-state index in [2.05, 4.69) is 4.98 Å². The Balaban J connectivity index is 2.02. The number of rotatable bonds is 4. The lowest BCUT2D eigenvalue weighted by molar-refractivity contribution is -0.383. The van der Waals surface area contributed by atoms with Crippen LogP contribution in [0, 0.1) is 10.1 Å². The van der Waals surface area contributed by atoms with E-state index in [1.807, 2.05) is 0 Å². The molecule has 0 spiro atoms. The van der Waals surface area contributed by atoms with Gasteiger partial charge >= 0.3 is 0 Å². The fourth-order valence-electron chi connectivity index (χ4n) is 2.76. The maximum atomic E-state index is 12.3. The summed E-state index contributed by atoms with van der Waals surface area (Å²) in [6.07, 6.45) is 4.53. The zero-order valence-corrected chi connectivity index (χ0v) is 13.7. The second kappa shape index (κ2) is 7.27. The summed E-state index contributed by atoms with van der Waals surface area (Å²) < 4.78 is 10.5. The highest BCUT2D eigenvalue weighted by atomic mass is 16.6. The molecule has 1 amide bonds. The summed E-state index contributed by atoms with van der Waals surface area (Å²) in [5, 5.41) is 11.7. The van der Waals surface area contributed by atoms with Gasteiger partial charge in [0.1, 0.15) is 11.3 Å². The van der Waals surface area contributed by atoms with Crippen LogP contribution in [0.2, 0.25) is 0 Å². The van der Waals surface area contributed by atoms with Crippen molar-refractivity contribution in [2.45, 2.75) is 0 Å². The number of carbonyl (C=O) groups is 1. The largest absolute Gasteiger partial charge is 0.494 e. The van der Waals surface area contributed by atoms with E-state index in [-0.39, 0.29) is 11.6 Å². The number of non-ortho nitro benzene ring substituents is 1. The van der Waals surface area contributed by atoms with Gasteiger partial charge in [-0.2, -0.15) is 0 Å². The number of methoxy groups -OCH3 is 1. The summed E-state index contributed by atoms with van der Waals surface area (Å²) in [5.41, 5.74) is 0.845. The standard InChI is InChI=1S/C17H17N3O5/c1-24-14-4-3-13(20(22)23)16-12(6-7-18-17(14)16)2-5-15(21)19-8-10-25-11-9-19/h2-7H,8-11H2,1H3/b5-2+. The van der Waals surface area contributed by atoms with Gasteiger partial charge in [-0.05, 0) is 23.8 Å². The van der Waals surface area contributed by atoms with Crippen molar-refractivity contribution in [2.75, 3.05) is 33.4 Å². The van der Waals surface area contributed by atoms with Gasteiger partial charge in [0.05, 0.1) is 30.6 Å². The topological polar surface area (TPSA) is 94.8 Å². The fraction of sp³-hybridized carbons (Fsp3) is 0.294. The third kappa shape index (κ3) is 3.43.